The third-order valence-corrected chi connectivity index (χ3v) is 2.83. The number of carbonyl (C=O) groups is 1. The van der Waals surface area contributed by atoms with E-state index in [4.69, 9.17) is 11.6 Å². The van der Waals surface area contributed by atoms with E-state index < -0.39 is 23.2 Å². The van der Waals surface area contributed by atoms with E-state index >= 15 is 0 Å². The van der Waals surface area contributed by atoms with Gasteiger partial charge in [0, 0.05) is 18.1 Å². The van der Waals surface area contributed by atoms with Crippen molar-refractivity contribution in [1.82, 2.24) is 0 Å². The fraction of sp³-hybridized carbons (Fsp3) is 0.0714. The molecule has 0 radical (unpaired) electrons. The molecule has 0 unspecified atom stereocenters. The molecule has 2 aromatic rings. The van der Waals surface area contributed by atoms with Crippen LogP contribution in [0.3, 0.4) is 0 Å². The van der Waals surface area contributed by atoms with Gasteiger partial charge >= 0.3 is 0 Å². The van der Waals surface area contributed by atoms with Crippen LogP contribution < -0.4 is 0 Å². The second kappa shape index (κ2) is 5.45. The van der Waals surface area contributed by atoms with E-state index in [2.05, 4.69) is 0 Å². The van der Waals surface area contributed by atoms with Gasteiger partial charge in [0.25, 0.3) is 0 Å². The van der Waals surface area contributed by atoms with Gasteiger partial charge in [-0.3, -0.25) is 4.79 Å². The highest BCUT2D eigenvalue weighted by Crippen LogP contribution is 2.20. The maximum absolute atomic E-state index is 13.0. The van der Waals surface area contributed by atoms with E-state index in [-0.39, 0.29) is 22.6 Å². The molecule has 2 aromatic carbocycles. The minimum absolute atomic E-state index is 0.0260. The minimum atomic E-state index is -0.756. The van der Waals surface area contributed by atoms with Crippen LogP contribution in [0, 0.1) is 17.5 Å². The summed E-state index contributed by atoms with van der Waals surface area (Å²) in [5.74, 6) is -2.51. The molecule has 98 valence electrons. The monoisotopic (exact) mass is 284 g/mol. The van der Waals surface area contributed by atoms with Crippen molar-refractivity contribution in [3.05, 3.63) is 70.0 Å². The van der Waals surface area contributed by atoms with Gasteiger partial charge < -0.3 is 0 Å². The van der Waals surface area contributed by atoms with E-state index in [9.17, 15) is 18.0 Å². The lowest BCUT2D eigenvalue weighted by Gasteiger charge is -2.04. The molecule has 19 heavy (non-hydrogen) atoms. The van der Waals surface area contributed by atoms with Crippen LogP contribution in [-0.4, -0.2) is 5.78 Å². The SMILES string of the molecule is O=C(Cc1cc(F)cc(F)c1)c1ccc(F)cc1Cl. The molecule has 0 aliphatic carbocycles. The Morgan fingerprint density at radius 3 is 2.16 bits per heavy atom. The molecule has 0 aliphatic heterocycles. The molecule has 0 bridgehead atoms. The van der Waals surface area contributed by atoms with E-state index in [1.165, 1.54) is 6.07 Å². The lowest BCUT2D eigenvalue weighted by Crippen LogP contribution is -2.05. The molecule has 1 nitrogen and oxygen atoms in total. The van der Waals surface area contributed by atoms with Gasteiger partial charge in [-0.05, 0) is 35.9 Å². The summed E-state index contributed by atoms with van der Waals surface area (Å²) >= 11 is 5.74. The van der Waals surface area contributed by atoms with Gasteiger partial charge in [-0.15, -0.1) is 0 Å². The van der Waals surface area contributed by atoms with Crippen molar-refractivity contribution in [3.8, 4) is 0 Å². The molecule has 0 atom stereocenters. The van der Waals surface area contributed by atoms with Crippen molar-refractivity contribution in [2.24, 2.45) is 0 Å². The van der Waals surface area contributed by atoms with Gasteiger partial charge in [0.2, 0.25) is 0 Å². The van der Waals surface area contributed by atoms with Crippen molar-refractivity contribution in [1.29, 1.82) is 0 Å². The number of benzene rings is 2. The number of rotatable bonds is 3. The van der Waals surface area contributed by atoms with Gasteiger partial charge in [0.15, 0.2) is 5.78 Å². The fourth-order valence-electron chi connectivity index (χ4n) is 1.71. The van der Waals surface area contributed by atoms with Crippen LogP contribution in [0.2, 0.25) is 5.02 Å². The van der Waals surface area contributed by atoms with E-state index in [0.29, 0.717) is 0 Å². The first-order chi connectivity index (χ1) is 8.95. The summed E-state index contributed by atoms with van der Waals surface area (Å²) in [5, 5.41) is -0.0260. The summed E-state index contributed by atoms with van der Waals surface area (Å²) in [5.41, 5.74) is 0.315. The third kappa shape index (κ3) is 3.35. The highest BCUT2D eigenvalue weighted by Gasteiger charge is 2.13. The lowest BCUT2D eigenvalue weighted by atomic mass is 10.0. The molecule has 0 aliphatic rings. The zero-order chi connectivity index (χ0) is 14.0. The molecule has 0 aromatic heterocycles. The van der Waals surface area contributed by atoms with Gasteiger partial charge in [-0.2, -0.15) is 0 Å². The van der Waals surface area contributed by atoms with E-state index in [0.717, 1.165) is 30.3 Å². The van der Waals surface area contributed by atoms with Crippen LogP contribution in [0.25, 0.3) is 0 Å². The molecular formula is C14H8ClF3O. The Morgan fingerprint density at radius 2 is 1.58 bits per heavy atom. The van der Waals surface area contributed by atoms with Gasteiger partial charge in [0.05, 0.1) is 5.02 Å². The first-order valence-electron chi connectivity index (χ1n) is 5.39. The Morgan fingerprint density at radius 1 is 0.947 bits per heavy atom. The Kier molecular flexibility index (Phi) is 3.90. The largest absolute Gasteiger partial charge is 0.294 e. The molecule has 0 spiro atoms. The maximum Gasteiger partial charge on any atom is 0.168 e. The van der Waals surface area contributed by atoms with E-state index in [1.54, 1.807) is 0 Å². The first kappa shape index (κ1) is 13.6. The highest BCUT2D eigenvalue weighted by atomic mass is 35.5. The number of hydrogen-bond acceptors (Lipinski definition) is 1. The summed E-state index contributed by atoms with van der Waals surface area (Å²) in [6, 6.07) is 6.22. The zero-order valence-corrected chi connectivity index (χ0v) is 10.3. The predicted octanol–water partition coefficient (Wildman–Crippen LogP) is 4.18. The predicted molar refractivity (Wildman–Crippen MR) is 65.8 cm³/mol. The molecule has 0 heterocycles. The first-order valence-corrected chi connectivity index (χ1v) is 5.77. The summed E-state index contributed by atoms with van der Waals surface area (Å²) in [6.07, 6.45) is -0.208. The van der Waals surface area contributed by atoms with Crippen molar-refractivity contribution in [2.45, 2.75) is 6.42 Å². The molecule has 0 saturated heterocycles. The molecule has 0 amide bonds. The molecule has 0 fully saturated rings. The lowest BCUT2D eigenvalue weighted by molar-refractivity contribution is 0.0993. The normalized spacial score (nSPS) is 10.5. The standard InChI is InChI=1S/C14H8ClF3O/c15-13-7-9(16)1-2-12(13)14(19)5-8-3-10(17)6-11(18)4-8/h1-4,6-7H,5H2. The van der Waals surface area contributed by atoms with Gasteiger partial charge in [0.1, 0.15) is 17.5 Å². The average Bonchev–Trinajstić information content (AvgIpc) is 2.26. The highest BCUT2D eigenvalue weighted by molar-refractivity contribution is 6.34. The van der Waals surface area contributed by atoms with Crippen LogP contribution in [-0.2, 0) is 6.42 Å². The summed E-state index contributed by atoms with van der Waals surface area (Å²) in [4.78, 5) is 11.9. The van der Waals surface area contributed by atoms with Crippen LogP contribution >= 0.6 is 11.6 Å². The number of halogens is 4. The van der Waals surface area contributed by atoms with Crippen molar-refractivity contribution in [3.63, 3.8) is 0 Å². The smallest absolute Gasteiger partial charge is 0.168 e. The minimum Gasteiger partial charge on any atom is -0.294 e. The molecule has 0 N–H and O–H groups in total. The van der Waals surface area contributed by atoms with E-state index in [1.807, 2.05) is 0 Å². The second-order valence-corrected chi connectivity index (χ2v) is 4.41. The number of Topliss-reactive ketones (excluding diaryl/α,β-unsaturated/α-hetero) is 1. The maximum atomic E-state index is 13.0. The Bertz CT molecular complexity index is 620. The van der Waals surface area contributed by atoms with Crippen molar-refractivity contribution >= 4 is 17.4 Å². The molecule has 5 heteroatoms. The zero-order valence-electron chi connectivity index (χ0n) is 9.59. The Balaban J connectivity index is 2.25. The van der Waals surface area contributed by atoms with Crippen LogP contribution in [0.4, 0.5) is 13.2 Å². The summed E-state index contributed by atoms with van der Waals surface area (Å²) in [6.45, 7) is 0. The average molecular weight is 285 g/mol. The number of hydrogen-bond donors (Lipinski definition) is 0. The number of ketones is 1. The second-order valence-electron chi connectivity index (χ2n) is 4.00. The van der Waals surface area contributed by atoms with Crippen molar-refractivity contribution in [2.75, 3.05) is 0 Å². The number of carbonyl (C=O) groups excluding carboxylic acids is 1. The summed E-state index contributed by atoms with van der Waals surface area (Å²) < 4.78 is 38.8. The Hall–Kier alpha value is -1.81. The summed E-state index contributed by atoms with van der Waals surface area (Å²) in [7, 11) is 0. The van der Waals surface area contributed by atoms with Crippen LogP contribution in [0.1, 0.15) is 15.9 Å². The molecular weight excluding hydrogens is 277 g/mol. The Labute approximate surface area is 112 Å². The third-order valence-electron chi connectivity index (χ3n) is 2.52. The molecule has 0 saturated carbocycles. The van der Waals surface area contributed by atoms with Crippen LogP contribution in [0.15, 0.2) is 36.4 Å². The quantitative estimate of drug-likeness (QED) is 0.773. The van der Waals surface area contributed by atoms with Crippen LogP contribution in [0.5, 0.6) is 0 Å². The topological polar surface area (TPSA) is 17.1 Å². The van der Waals surface area contributed by atoms with Gasteiger partial charge in [-0.1, -0.05) is 11.6 Å². The fourth-order valence-corrected chi connectivity index (χ4v) is 1.98. The van der Waals surface area contributed by atoms with Crippen molar-refractivity contribution < 1.29 is 18.0 Å². The van der Waals surface area contributed by atoms with Gasteiger partial charge in [-0.25, -0.2) is 13.2 Å². The molecule has 2 rings (SSSR count).